The van der Waals surface area contributed by atoms with E-state index in [1.54, 1.807) is 13.8 Å². The molecule has 0 saturated heterocycles. The van der Waals surface area contributed by atoms with Crippen molar-refractivity contribution in [2.75, 3.05) is 4.72 Å². The van der Waals surface area contributed by atoms with E-state index < -0.39 is 25.9 Å². The number of nitrogens with one attached hydrogen (secondary N) is 2. The fourth-order valence-electron chi connectivity index (χ4n) is 2.20. The summed E-state index contributed by atoms with van der Waals surface area (Å²) in [5, 5.41) is 0. The first kappa shape index (κ1) is 19.4. The summed E-state index contributed by atoms with van der Waals surface area (Å²) in [5.41, 5.74) is 0.472. The van der Waals surface area contributed by atoms with E-state index in [4.69, 9.17) is 0 Å². The average molecular weight is 386 g/mol. The Bertz CT molecular complexity index is 970. The van der Waals surface area contributed by atoms with Gasteiger partial charge in [-0.1, -0.05) is 0 Å². The molecule has 0 bridgehead atoms. The zero-order valence-corrected chi connectivity index (χ0v) is 15.6. The molecule has 136 valence electrons. The molecule has 0 spiro atoms. The van der Waals surface area contributed by atoms with Gasteiger partial charge in [-0.15, -0.1) is 0 Å². The number of anilines is 1. The first-order chi connectivity index (χ1) is 11.5. The topological polar surface area (TPSA) is 92.3 Å². The minimum Gasteiger partial charge on any atom is -0.280 e. The van der Waals surface area contributed by atoms with E-state index in [1.807, 2.05) is 0 Å². The van der Waals surface area contributed by atoms with E-state index >= 15 is 0 Å². The van der Waals surface area contributed by atoms with Gasteiger partial charge in [0, 0.05) is 11.7 Å². The van der Waals surface area contributed by atoms with Gasteiger partial charge in [-0.25, -0.2) is 25.9 Å². The Kier molecular flexibility index (Phi) is 5.50. The molecule has 25 heavy (non-hydrogen) atoms. The molecule has 0 unspecified atom stereocenters. The van der Waals surface area contributed by atoms with Crippen LogP contribution in [0, 0.1) is 12.7 Å². The molecule has 2 aromatic rings. The third-order valence-corrected chi connectivity index (χ3v) is 6.45. The second kappa shape index (κ2) is 7.11. The van der Waals surface area contributed by atoms with Gasteiger partial charge >= 0.3 is 0 Å². The number of benzene rings is 2. The highest BCUT2D eigenvalue weighted by atomic mass is 32.2. The molecule has 0 heterocycles. The molecule has 0 aliphatic rings. The summed E-state index contributed by atoms with van der Waals surface area (Å²) in [4.78, 5) is -0.0193. The van der Waals surface area contributed by atoms with E-state index in [1.165, 1.54) is 37.3 Å². The van der Waals surface area contributed by atoms with Gasteiger partial charge in [0.1, 0.15) is 5.82 Å². The Hall–Kier alpha value is -1.97. The molecule has 0 aromatic heterocycles. The summed E-state index contributed by atoms with van der Waals surface area (Å²) >= 11 is 0. The number of aryl methyl sites for hydroxylation is 1. The van der Waals surface area contributed by atoms with Crippen LogP contribution in [0.2, 0.25) is 0 Å². The molecule has 2 aromatic carbocycles. The van der Waals surface area contributed by atoms with Crippen molar-refractivity contribution in [1.29, 1.82) is 0 Å². The van der Waals surface area contributed by atoms with Gasteiger partial charge in [-0.3, -0.25) is 4.72 Å². The largest absolute Gasteiger partial charge is 0.280 e. The van der Waals surface area contributed by atoms with Crippen molar-refractivity contribution < 1.29 is 21.2 Å². The molecule has 0 aliphatic carbocycles. The van der Waals surface area contributed by atoms with Crippen LogP contribution in [0.4, 0.5) is 10.1 Å². The quantitative estimate of drug-likeness (QED) is 0.798. The second-order valence-corrected chi connectivity index (χ2v) is 9.18. The SMILES string of the molecule is Cc1cc(F)ccc1S(=O)(=O)Nc1ccc(S(=O)(=O)NC(C)C)cc1. The molecule has 2 N–H and O–H groups in total. The summed E-state index contributed by atoms with van der Waals surface area (Å²) in [7, 11) is -7.56. The Morgan fingerprint density at radius 2 is 1.52 bits per heavy atom. The van der Waals surface area contributed by atoms with Gasteiger partial charge in [0.2, 0.25) is 10.0 Å². The lowest BCUT2D eigenvalue weighted by atomic mass is 10.2. The van der Waals surface area contributed by atoms with Crippen molar-refractivity contribution in [3.05, 3.63) is 53.8 Å². The van der Waals surface area contributed by atoms with Crippen LogP contribution >= 0.6 is 0 Å². The lowest BCUT2D eigenvalue weighted by Gasteiger charge is -2.12. The van der Waals surface area contributed by atoms with E-state index in [9.17, 15) is 21.2 Å². The maximum atomic E-state index is 13.1. The van der Waals surface area contributed by atoms with Crippen LogP contribution < -0.4 is 9.44 Å². The van der Waals surface area contributed by atoms with Crippen molar-refractivity contribution in [3.63, 3.8) is 0 Å². The van der Waals surface area contributed by atoms with Gasteiger partial charge in [-0.05, 0) is 68.8 Å². The molecular formula is C16H19FN2O4S2. The summed E-state index contributed by atoms with van der Waals surface area (Å²) < 4.78 is 66.8. The minimum absolute atomic E-state index is 0.0297. The van der Waals surface area contributed by atoms with Crippen LogP contribution in [-0.2, 0) is 20.0 Å². The van der Waals surface area contributed by atoms with Crippen molar-refractivity contribution >= 4 is 25.7 Å². The molecule has 6 nitrogen and oxygen atoms in total. The van der Waals surface area contributed by atoms with Gasteiger partial charge in [0.15, 0.2) is 0 Å². The lowest BCUT2D eigenvalue weighted by molar-refractivity contribution is 0.570. The zero-order chi connectivity index (χ0) is 18.8. The molecule has 0 atom stereocenters. The fraction of sp³-hybridized carbons (Fsp3) is 0.250. The first-order valence-corrected chi connectivity index (χ1v) is 10.4. The minimum atomic E-state index is -3.91. The predicted molar refractivity (Wildman–Crippen MR) is 93.8 cm³/mol. The van der Waals surface area contributed by atoms with Gasteiger partial charge in [0.05, 0.1) is 9.79 Å². The molecule has 0 radical (unpaired) electrons. The van der Waals surface area contributed by atoms with Gasteiger partial charge in [-0.2, -0.15) is 0 Å². The summed E-state index contributed by atoms with van der Waals surface area (Å²) in [6, 6.07) is 8.43. The number of hydrogen-bond donors (Lipinski definition) is 2. The Morgan fingerprint density at radius 1 is 0.920 bits per heavy atom. The molecule has 2 rings (SSSR count). The van der Waals surface area contributed by atoms with Crippen LogP contribution in [0.1, 0.15) is 19.4 Å². The van der Waals surface area contributed by atoms with Crippen LogP contribution in [0.5, 0.6) is 0 Å². The van der Waals surface area contributed by atoms with E-state index in [0.717, 1.165) is 12.1 Å². The number of rotatable bonds is 6. The summed E-state index contributed by atoms with van der Waals surface area (Å²) in [6.45, 7) is 4.89. The summed E-state index contributed by atoms with van der Waals surface area (Å²) in [5.74, 6) is -0.524. The molecule has 0 aliphatic heterocycles. The maximum Gasteiger partial charge on any atom is 0.262 e. The van der Waals surface area contributed by atoms with E-state index in [2.05, 4.69) is 9.44 Å². The zero-order valence-electron chi connectivity index (χ0n) is 13.9. The molecule has 0 fully saturated rings. The molecule has 0 amide bonds. The maximum absolute atomic E-state index is 13.1. The van der Waals surface area contributed by atoms with Crippen molar-refractivity contribution in [3.8, 4) is 0 Å². The standard InChI is InChI=1S/C16H19FN2O4S2/c1-11(2)18-24(20,21)15-7-5-14(6-8-15)19-25(22,23)16-9-4-13(17)10-12(16)3/h4-11,18-19H,1-3H3. The first-order valence-electron chi connectivity index (χ1n) is 7.42. The normalized spacial score (nSPS) is 12.4. The number of halogens is 1. The van der Waals surface area contributed by atoms with Crippen LogP contribution in [0.15, 0.2) is 52.3 Å². The van der Waals surface area contributed by atoms with Gasteiger partial charge < -0.3 is 0 Å². The van der Waals surface area contributed by atoms with E-state index in [-0.39, 0.29) is 27.1 Å². The van der Waals surface area contributed by atoms with Crippen molar-refractivity contribution in [2.45, 2.75) is 36.6 Å². The van der Waals surface area contributed by atoms with Gasteiger partial charge in [0.25, 0.3) is 10.0 Å². The van der Waals surface area contributed by atoms with Crippen molar-refractivity contribution in [1.82, 2.24) is 4.72 Å². The lowest BCUT2D eigenvalue weighted by Crippen LogP contribution is -2.30. The molecule has 0 saturated carbocycles. The highest BCUT2D eigenvalue weighted by Crippen LogP contribution is 2.21. The summed E-state index contributed by atoms with van der Waals surface area (Å²) in [6.07, 6.45) is 0. The fourth-order valence-corrected chi connectivity index (χ4v) is 4.74. The average Bonchev–Trinajstić information content (AvgIpc) is 2.45. The highest BCUT2D eigenvalue weighted by Gasteiger charge is 2.19. The van der Waals surface area contributed by atoms with Crippen molar-refractivity contribution in [2.24, 2.45) is 0 Å². The van der Waals surface area contributed by atoms with E-state index in [0.29, 0.717) is 0 Å². The Labute approximate surface area is 147 Å². The third kappa shape index (κ3) is 4.77. The van der Waals surface area contributed by atoms with Crippen LogP contribution in [-0.4, -0.2) is 22.9 Å². The van der Waals surface area contributed by atoms with Crippen LogP contribution in [0.25, 0.3) is 0 Å². The molecular weight excluding hydrogens is 367 g/mol. The van der Waals surface area contributed by atoms with Crippen LogP contribution in [0.3, 0.4) is 0 Å². The number of sulfonamides is 2. The predicted octanol–water partition coefficient (Wildman–Crippen LogP) is 2.62. The Balaban J connectivity index is 2.26. The number of hydrogen-bond acceptors (Lipinski definition) is 4. The second-order valence-electron chi connectivity index (χ2n) is 5.82. The monoisotopic (exact) mass is 386 g/mol. The Morgan fingerprint density at radius 3 is 2.04 bits per heavy atom. The smallest absolute Gasteiger partial charge is 0.262 e. The third-order valence-electron chi connectivity index (χ3n) is 3.23. The molecule has 9 heteroatoms. The highest BCUT2D eigenvalue weighted by molar-refractivity contribution is 7.92.